The van der Waals surface area contributed by atoms with E-state index in [9.17, 15) is 4.79 Å². The molecule has 0 aliphatic carbocycles. The van der Waals surface area contributed by atoms with Crippen molar-refractivity contribution < 1.29 is 9.53 Å². The number of rotatable bonds is 4. The van der Waals surface area contributed by atoms with Crippen LogP contribution < -0.4 is 11.3 Å². The number of amides is 1. The molecule has 3 N–H and O–H groups in total. The zero-order valence-electron chi connectivity index (χ0n) is 11.1. The van der Waals surface area contributed by atoms with Crippen molar-refractivity contribution in [2.24, 2.45) is 11.8 Å². The minimum absolute atomic E-state index is 0.0547. The summed E-state index contributed by atoms with van der Waals surface area (Å²) >= 11 is 0. The Morgan fingerprint density at radius 3 is 3.21 bits per heavy atom. The number of hydrogen-bond acceptors (Lipinski definition) is 5. The van der Waals surface area contributed by atoms with Gasteiger partial charge in [0.15, 0.2) is 0 Å². The molecule has 0 saturated carbocycles. The lowest BCUT2D eigenvalue weighted by Crippen LogP contribution is -2.35. The SMILES string of the molecule is CN(CC1CCCOC1)C(=O)c1ccncc1NN. The molecule has 6 nitrogen and oxygen atoms in total. The van der Waals surface area contributed by atoms with Crippen LogP contribution in [0.1, 0.15) is 23.2 Å². The Hall–Kier alpha value is -1.66. The summed E-state index contributed by atoms with van der Waals surface area (Å²) in [5.74, 6) is 5.75. The Balaban J connectivity index is 2.01. The van der Waals surface area contributed by atoms with Gasteiger partial charge in [0.25, 0.3) is 5.91 Å². The second-order valence-electron chi connectivity index (χ2n) is 4.83. The van der Waals surface area contributed by atoms with Crippen molar-refractivity contribution in [1.82, 2.24) is 9.88 Å². The summed E-state index contributed by atoms with van der Waals surface area (Å²) < 4.78 is 5.43. The number of aromatic nitrogens is 1. The van der Waals surface area contributed by atoms with E-state index in [1.165, 1.54) is 0 Å². The van der Waals surface area contributed by atoms with Crippen LogP contribution in [0.2, 0.25) is 0 Å². The molecule has 1 saturated heterocycles. The van der Waals surface area contributed by atoms with Crippen LogP contribution in [0, 0.1) is 5.92 Å². The molecule has 19 heavy (non-hydrogen) atoms. The molecular weight excluding hydrogens is 244 g/mol. The maximum atomic E-state index is 12.4. The number of nitrogens with one attached hydrogen (secondary N) is 1. The first kappa shape index (κ1) is 13.8. The predicted molar refractivity (Wildman–Crippen MR) is 72.6 cm³/mol. The quantitative estimate of drug-likeness (QED) is 0.623. The van der Waals surface area contributed by atoms with E-state index in [-0.39, 0.29) is 5.91 Å². The molecule has 0 radical (unpaired) electrons. The molecular formula is C13H20N4O2. The number of nitrogens with two attached hydrogens (primary N) is 1. The van der Waals surface area contributed by atoms with Crippen LogP contribution in [0.4, 0.5) is 5.69 Å². The van der Waals surface area contributed by atoms with Crippen molar-refractivity contribution in [2.75, 3.05) is 32.2 Å². The summed E-state index contributed by atoms with van der Waals surface area (Å²) in [6.07, 6.45) is 5.31. The fourth-order valence-electron chi connectivity index (χ4n) is 2.32. The number of hydrazine groups is 1. The molecule has 6 heteroatoms. The van der Waals surface area contributed by atoms with Gasteiger partial charge < -0.3 is 15.1 Å². The maximum absolute atomic E-state index is 12.4. The zero-order valence-corrected chi connectivity index (χ0v) is 11.1. The van der Waals surface area contributed by atoms with Gasteiger partial charge in [-0.15, -0.1) is 0 Å². The third-order valence-electron chi connectivity index (χ3n) is 3.34. The van der Waals surface area contributed by atoms with E-state index in [4.69, 9.17) is 10.6 Å². The number of ether oxygens (including phenoxy) is 1. The van der Waals surface area contributed by atoms with E-state index in [0.29, 0.717) is 23.7 Å². The molecule has 1 atom stereocenters. The first-order valence-electron chi connectivity index (χ1n) is 6.46. The van der Waals surface area contributed by atoms with Crippen LogP contribution in [0.3, 0.4) is 0 Å². The molecule has 0 spiro atoms. The minimum Gasteiger partial charge on any atom is -0.381 e. The van der Waals surface area contributed by atoms with Crippen LogP contribution in [0.15, 0.2) is 18.5 Å². The van der Waals surface area contributed by atoms with Crippen LogP contribution in [-0.2, 0) is 4.74 Å². The van der Waals surface area contributed by atoms with Crippen molar-refractivity contribution in [3.05, 3.63) is 24.0 Å². The summed E-state index contributed by atoms with van der Waals surface area (Å²) in [6, 6.07) is 1.67. The molecule has 2 heterocycles. The number of nitrogen functional groups attached to an aromatic ring is 1. The van der Waals surface area contributed by atoms with Gasteiger partial charge in [0.05, 0.1) is 24.1 Å². The average Bonchev–Trinajstić information content (AvgIpc) is 2.47. The number of carbonyl (C=O) groups excluding carboxylic acids is 1. The Labute approximate surface area is 112 Å². The molecule has 1 amide bonds. The molecule has 1 aromatic heterocycles. The number of carbonyl (C=O) groups is 1. The average molecular weight is 264 g/mol. The van der Waals surface area contributed by atoms with E-state index in [2.05, 4.69) is 10.4 Å². The second-order valence-corrected chi connectivity index (χ2v) is 4.83. The molecule has 1 aliphatic heterocycles. The molecule has 0 bridgehead atoms. The van der Waals surface area contributed by atoms with Gasteiger partial charge in [0, 0.05) is 26.4 Å². The monoisotopic (exact) mass is 264 g/mol. The molecule has 1 aromatic rings. The normalized spacial score (nSPS) is 18.9. The number of hydrogen-bond donors (Lipinski definition) is 2. The lowest BCUT2D eigenvalue weighted by Gasteiger charge is -2.27. The highest BCUT2D eigenvalue weighted by Crippen LogP contribution is 2.18. The Bertz CT molecular complexity index is 432. The highest BCUT2D eigenvalue weighted by Gasteiger charge is 2.21. The van der Waals surface area contributed by atoms with Gasteiger partial charge in [-0.3, -0.25) is 15.6 Å². The highest BCUT2D eigenvalue weighted by atomic mass is 16.5. The van der Waals surface area contributed by atoms with Gasteiger partial charge in [-0.05, 0) is 24.8 Å². The zero-order chi connectivity index (χ0) is 13.7. The lowest BCUT2D eigenvalue weighted by molar-refractivity contribution is 0.0389. The molecule has 1 fully saturated rings. The van der Waals surface area contributed by atoms with E-state index in [0.717, 1.165) is 26.1 Å². The van der Waals surface area contributed by atoms with E-state index in [1.807, 2.05) is 0 Å². The molecule has 1 aliphatic rings. The van der Waals surface area contributed by atoms with Crippen molar-refractivity contribution >= 4 is 11.6 Å². The van der Waals surface area contributed by atoms with Crippen molar-refractivity contribution in [1.29, 1.82) is 0 Å². The molecule has 2 rings (SSSR count). The molecule has 104 valence electrons. The van der Waals surface area contributed by atoms with Gasteiger partial charge in [-0.1, -0.05) is 0 Å². The maximum Gasteiger partial charge on any atom is 0.255 e. The third-order valence-corrected chi connectivity index (χ3v) is 3.34. The Kier molecular flexibility index (Phi) is 4.70. The van der Waals surface area contributed by atoms with Gasteiger partial charge in [0.2, 0.25) is 0 Å². The predicted octanol–water partition coefficient (Wildman–Crippen LogP) is 0.866. The summed E-state index contributed by atoms with van der Waals surface area (Å²) in [5, 5.41) is 0. The van der Waals surface area contributed by atoms with Gasteiger partial charge in [0.1, 0.15) is 0 Å². The van der Waals surface area contributed by atoms with E-state index in [1.54, 1.807) is 30.4 Å². The van der Waals surface area contributed by atoms with Gasteiger partial charge in [-0.25, -0.2) is 0 Å². The standard InChI is InChI=1S/C13H20N4O2/c1-17(8-10-3-2-6-19-9-10)13(18)11-4-5-15-7-12(11)16-14/h4-5,7,10,16H,2-3,6,8-9,14H2,1H3. The largest absolute Gasteiger partial charge is 0.381 e. The second kappa shape index (κ2) is 6.49. The Morgan fingerprint density at radius 2 is 2.53 bits per heavy atom. The highest BCUT2D eigenvalue weighted by molar-refractivity contribution is 5.99. The molecule has 0 aromatic carbocycles. The third kappa shape index (κ3) is 3.42. The van der Waals surface area contributed by atoms with Crippen molar-refractivity contribution in [3.63, 3.8) is 0 Å². The molecule has 1 unspecified atom stereocenters. The number of nitrogens with zero attached hydrogens (tertiary/aromatic N) is 2. The smallest absolute Gasteiger partial charge is 0.255 e. The summed E-state index contributed by atoms with van der Waals surface area (Å²) in [7, 11) is 1.80. The minimum atomic E-state index is -0.0547. The number of pyridine rings is 1. The first-order valence-corrected chi connectivity index (χ1v) is 6.46. The van der Waals surface area contributed by atoms with Gasteiger partial charge >= 0.3 is 0 Å². The van der Waals surface area contributed by atoms with Crippen molar-refractivity contribution in [3.8, 4) is 0 Å². The van der Waals surface area contributed by atoms with Crippen LogP contribution in [-0.4, -0.2) is 42.6 Å². The first-order chi connectivity index (χ1) is 9.22. The van der Waals surface area contributed by atoms with E-state index >= 15 is 0 Å². The van der Waals surface area contributed by atoms with Crippen molar-refractivity contribution in [2.45, 2.75) is 12.8 Å². The Morgan fingerprint density at radius 1 is 1.68 bits per heavy atom. The fourth-order valence-corrected chi connectivity index (χ4v) is 2.32. The topological polar surface area (TPSA) is 80.5 Å². The van der Waals surface area contributed by atoms with Crippen LogP contribution in [0.25, 0.3) is 0 Å². The van der Waals surface area contributed by atoms with Crippen LogP contribution >= 0.6 is 0 Å². The van der Waals surface area contributed by atoms with Crippen LogP contribution in [0.5, 0.6) is 0 Å². The summed E-state index contributed by atoms with van der Waals surface area (Å²) in [4.78, 5) is 18.0. The number of anilines is 1. The summed E-state index contributed by atoms with van der Waals surface area (Å²) in [6.45, 7) is 2.26. The lowest BCUT2D eigenvalue weighted by atomic mass is 10.0. The van der Waals surface area contributed by atoms with E-state index < -0.39 is 0 Å². The fraction of sp³-hybridized carbons (Fsp3) is 0.538. The van der Waals surface area contributed by atoms with Gasteiger partial charge in [-0.2, -0.15) is 0 Å². The summed E-state index contributed by atoms with van der Waals surface area (Å²) in [5.41, 5.74) is 3.58.